The number of carbonyl (C=O) groups is 2. The molecule has 1 aliphatic heterocycles. The third-order valence-electron chi connectivity index (χ3n) is 4.81. The number of ether oxygens (including phenoxy) is 2. The van der Waals surface area contributed by atoms with E-state index in [1.54, 1.807) is 23.3 Å². The second-order valence-corrected chi connectivity index (χ2v) is 6.46. The summed E-state index contributed by atoms with van der Waals surface area (Å²) in [5.74, 6) is 0.483. The fourth-order valence-corrected chi connectivity index (χ4v) is 3.41. The van der Waals surface area contributed by atoms with Gasteiger partial charge in [-0.25, -0.2) is 9.78 Å². The second-order valence-electron chi connectivity index (χ2n) is 6.46. The summed E-state index contributed by atoms with van der Waals surface area (Å²) in [6.07, 6.45) is 3.58. The Labute approximate surface area is 158 Å². The Hall–Kier alpha value is -2.77. The van der Waals surface area contributed by atoms with Crippen LogP contribution in [0.4, 0.5) is 4.79 Å². The van der Waals surface area contributed by atoms with Crippen molar-refractivity contribution < 1.29 is 19.1 Å². The lowest BCUT2D eigenvalue weighted by Crippen LogP contribution is -2.47. The van der Waals surface area contributed by atoms with Crippen molar-refractivity contribution in [1.29, 1.82) is 0 Å². The van der Waals surface area contributed by atoms with E-state index in [4.69, 9.17) is 9.47 Å². The maximum atomic E-state index is 13.0. The number of hydrogen-bond donors (Lipinski definition) is 1. The highest BCUT2D eigenvalue weighted by Gasteiger charge is 2.27. The average Bonchev–Trinajstić information content (AvgIpc) is 3.07. The highest BCUT2D eigenvalue weighted by molar-refractivity contribution is 5.95. The standard InChI is InChI=1S/C19H26N4O4/c1-4-14-16(23-10-6-7-15(26-3)17(23)21-14)18(24)20-13-8-11-22(12-9-13)19(25)27-5-2/h6-7,10,13H,4-5,8-9,11-12H2,1-3H3,(H,20,24). The molecule has 0 atom stereocenters. The zero-order valence-corrected chi connectivity index (χ0v) is 16.0. The van der Waals surface area contributed by atoms with E-state index in [0.717, 1.165) is 5.69 Å². The van der Waals surface area contributed by atoms with E-state index in [1.807, 2.05) is 25.3 Å². The molecule has 0 spiro atoms. The van der Waals surface area contributed by atoms with Crippen molar-refractivity contribution in [1.82, 2.24) is 19.6 Å². The molecule has 3 rings (SSSR count). The number of aryl methyl sites for hydroxylation is 1. The first-order chi connectivity index (χ1) is 13.1. The third kappa shape index (κ3) is 3.84. The molecule has 0 aliphatic carbocycles. The topological polar surface area (TPSA) is 85.2 Å². The van der Waals surface area contributed by atoms with Crippen LogP contribution in [-0.2, 0) is 11.2 Å². The molecule has 0 aromatic carbocycles. The molecule has 0 radical (unpaired) electrons. The summed E-state index contributed by atoms with van der Waals surface area (Å²) in [4.78, 5) is 31.0. The molecule has 1 fully saturated rings. The Kier molecular flexibility index (Phi) is 5.83. The molecule has 0 bridgehead atoms. The van der Waals surface area contributed by atoms with Crippen LogP contribution >= 0.6 is 0 Å². The van der Waals surface area contributed by atoms with Gasteiger partial charge < -0.3 is 19.7 Å². The Morgan fingerprint density at radius 1 is 1.30 bits per heavy atom. The van der Waals surface area contributed by atoms with Gasteiger partial charge in [-0.1, -0.05) is 6.92 Å². The van der Waals surface area contributed by atoms with Gasteiger partial charge >= 0.3 is 6.09 Å². The van der Waals surface area contributed by atoms with E-state index in [-0.39, 0.29) is 18.0 Å². The first-order valence-corrected chi connectivity index (χ1v) is 9.35. The molecule has 8 nitrogen and oxygen atoms in total. The largest absolute Gasteiger partial charge is 0.493 e. The predicted octanol–water partition coefficient (Wildman–Crippen LogP) is 2.26. The summed E-state index contributed by atoms with van der Waals surface area (Å²) in [5.41, 5.74) is 1.92. The molecule has 0 saturated carbocycles. The van der Waals surface area contributed by atoms with Gasteiger partial charge in [0.1, 0.15) is 5.69 Å². The Morgan fingerprint density at radius 3 is 2.67 bits per heavy atom. The number of piperidine rings is 1. The van der Waals surface area contributed by atoms with Gasteiger partial charge in [-0.2, -0.15) is 0 Å². The summed E-state index contributed by atoms with van der Waals surface area (Å²) < 4.78 is 12.2. The van der Waals surface area contributed by atoms with Crippen molar-refractivity contribution in [2.24, 2.45) is 0 Å². The van der Waals surface area contributed by atoms with Crippen molar-refractivity contribution >= 4 is 17.6 Å². The number of methoxy groups -OCH3 is 1. The number of fused-ring (bicyclic) bond motifs is 1. The van der Waals surface area contributed by atoms with Crippen LogP contribution in [0.3, 0.4) is 0 Å². The molecule has 3 heterocycles. The lowest BCUT2D eigenvalue weighted by Gasteiger charge is -2.31. The van der Waals surface area contributed by atoms with Crippen molar-refractivity contribution in [2.45, 2.75) is 39.2 Å². The smallest absolute Gasteiger partial charge is 0.409 e. The van der Waals surface area contributed by atoms with E-state index >= 15 is 0 Å². The van der Waals surface area contributed by atoms with E-state index in [2.05, 4.69) is 10.3 Å². The van der Waals surface area contributed by atoms with Crippen molar-refractivity contribution in [3.63, 3.8) is 0 Å². The van der Waals surface area contributed by atoms with Gasteiger partial charge in [-0.05, 0) is 38.3 Å². The van der Waals surface area contributed by atoms with Crippen LogP contribution in [0.15, 0.2) is 18.3 Å². The Bertz CT molecular complexity index is 824. The number of carbonyl (C=O) groups excluding carboxylic acids is 2. The molecule has 1 saturated heterocycles. The zero-order valence-electron chi connectivity index (χ0n) is 16.0. The molecule has 2 aromatic heterocycles. The molecule has 27 heavy (non-hydrogen) atoms. The molecular formula is C19H26N4O4. The van der Waals surface area contributed by atoms with Crippen molar-refractivity contribution in [3.05, 3.63) is 29.7 Å². The first kappa shape index (κ1) is 19.0. The van der Waals surface area contributed by atoms with Gasteiger partial charge in [-0.15, -0.1) is 0 Å². The minimum Gasteiger partial charge on any atom is -0.493 e. The molecule has 2 amide bonds. The normalized spacial score (nSPS) is 15.0. The van der Waals surface area contributed by atoms with Gasteiger partial charge in [0.05, 0.1) is 19.4 Å². The van der Waals surface area contributed by atoms with Crippen LogP contribution in [0.2, 0.25) is 0 Å². The minimum atomic E-state index is -0.288. The van der Waals surface area contributed by atoms with Gasteiger partial charge in [0.25, 0.3) is 5.91 Å². The molecule has 2 aromatic rings. The third-order valence-corrected chi connectivity index (χ3v) is 4.81. The molecule has 1 N–H and O–H groups in total. The van der Waals surface area contributed by atoms with Crippen LogP contribution in [0.25, 0.3) is 5.65 Å². The predicted molar refractivity (Wildman–Crippen MR) is 100 cm³/mol. The molecule has 1 aliphatic rings. The number of amides is 2. The number of aromatic nitrogens is 2. The highest BCUT2D eigenvalue weighted by Crippen LogP contribution is 2.23. The van der Waals surface area contributed by atoms with Gasteiger partial charge in [-0.3, -0.25) is 9.20 Å². The van der Waals surface area contributed by atoms with Gasteiger partial charge in [0.15, 0.2) is 11.4 Å². The number of imidazole rings is 1. The summed E-state index contributed by atoms with van der Waals surface area (Å²) in [7, 11) is 1.59. The average molecular weight is 374 g/mol. The van der Waals surface area contributed by atoms with E-state index in [0.29, 0.717) is 56.0 Å². The lowest BCUT2D eigenvalue weighted by atomic mass is 10.1. The van der Waals surface area contributed by atoms with Gasteiger partial charge in [0.2, 0.25) is 0 Å². The lowest BCUT2D eigenvalue weighted by molar-refractivity contribution is 0.0855. The summed E-state index contributed by atoms with van der Waals surface area (Å²) in [6, 6.07) is 3.68. The number of nitrogens with one attached hydrogen (secondary N) is 1. The Morgan fingerprint density at radius 2 is 2.04 bits per heavy atom. The molecular weight excluding hydrogens is 348 g/mol. The number of pyridine rings is 1. The van der Waals surface area contributed by atoms with E-state index in [9.17, 15) is 9.59 Å². The summed E-state index contributed by atoms with van der Waals surface area (Å²) in [6.45, 7) is 5.29. The Balaban J connectivity index is 1.73. The summed E-state index contributed by atoms with van der Waals surface area (Å²) >= 11 is 0. The van der Waals surface area contributed by atoms with Crippen molar-refractivity contribution in [3.8, 4) is 5.75 Å². The quantitative estimate of drug-likeness (QED) is 0.868. The fraction of sp³-hybridized carbons (Fsp3) is 0.526. The maximum Gasteiger partial charge on any atom is 0.409 e. The second kappa shape index (κ2) is 8.28. The number of hydrogen-bond acceptors (Lipinski definition) is 5. The first-order valence-electron chi connectivity index (χ1n) is 9.35. The summed E-state index contributed by atoms with van der Waals surface area (Å²) in [5, 5.41) is 3.10. The monoisotopic (exact) mass is 374 g/mol. The fourth-order valence-electron chi connectivity index (χ4n) is 3.41. The van der Waals surface area contributed by atoms with Gasteiger partial charge in [0, 0.05) is 25.3 Å². The number of rotatable bonds is 5. The highest BCUT2D eigenvalue weighted by atomic mass is 16.6. The number of nitrogens with zero attached hydrogens (tertiary/aromatic N) is 3. The number of likely N-dealkylation sites (tertiary alicyclic amines) is 1. The zero-order chi connectivity index (χ0) is 19.4. The van der Waals surface area contributed by atoms with Crippen LogP contribution in [0, 0.1) is 0 Å². The molecule has 8 heteroatoms. The van der Waals surface area contributed by atoms with Crippen LogP contribution < -0.4 is 10.1 Å². The van der Waals surface area contributed by atoms with E-state index < -0.39 is 0 Å². The molecule has 146 valence electrons. The van der Waals surface area contributed by atoms with Crippen LogP contribution in [-0.4, -0.2) is 59.1 Å². The minimum absolute atomic E-state index is 0.0176. The van der Waals surface area contributed by atoms with Crippen LogP contribution in [0.1, 0.15) is 42.9 Å². The van der Waals surface area contributed by atoms with Crippen molar-refractivity contribution in [2.75, 3.05) is 26.8 Å². The van der Waals surface area contributed by atoms with Crippen LogP contribution in [0.5, 0.6) is 5.75 Å². The van der Waals surface area contributed by atoms with E-state index in [1.165, 1.54) is 0 Å². The SMILES string of the molecule is CCOC(=O)N1CCC(NC(=O)c2c(CC)nc3c(OC)cccn23)CC1. The molecule has 0 unspecified atom stereocenters. The maximum absolute atomic E-state index is 13.0.